The Morgan fingerprint density at radius 1 is 1.31 bits per heavy atom. The van der Waals surface area contributed by atoms with Crippen molar-refractivity contribution < 1.29 is 8.78 Å². The van der Waals surface area contributed by atoms with E-state index in [2.05, 4.69) is 38.8 Å². The number of hydrogen-bond acceptors (Lipinski definition) is 0. The van der Waals surface area contributed by atoms with Crippen LogP contribution in [0.2, 0.25) is 0 Å². The summed E-state index contributed by atoms with van der Waals surface area (Å²) in [7, 11) is 0. The lowest BCUT2D eigenvalue weighted by atomic mass is 10.1. The minimum Gasteiger partial charge on any atom is -0.207 e. The molecule has 1 atom stereocenters. The molecule has 1 rings (SSSR count). The van der Waals surface area contributed by atoms with Crippen LogP contribution in [0.4, 0.5) is 8.78 Å². The lowest BCUT2D eigenvalue weighted by Gasteiger charge is -2.08. The molecule has 0 amide bonds. The molecule has 0 aliphatic heterocycles. The molecule has 0 fully saturated rings. The summed E-state index contributed by atoms with van der Waals surface area (Å²) in [6.07, 6.45) is 3.19. The predicted molar refractivity (Wildman–Crippen MR) is 70.0 cm³/mol. The van der Waals surface area contributed by atoms with Crippen molar-refractivity contribution >= 4 is 31.9 Å². The quantitative estimate of drug-likeness (QED) is 0.501. The fourth-order valence-corrected chi connectivity index (χ4v) is 2.20. The molecule has 0 spiro atoms. The second-order valence-corrected chi connectivity index (χ2v) is 5.87. The second-order valence-electron chi connectivity index (χ2n) is 3.72. The molecule has 0 bridgehead atoms. The van der Waals surface area contributed by atoms with Gasteiger partial charge in [0.2, 0.25) is 0 Å². The molecule has 1 aromatic carbocycles. The van der Waals surface area contributed by atoms with Crippen LogP contribution in [-0.2, 0) is 6.42 Å². The van der Waals surface area contributed by atoms with Gasteiger partial charge in [-0.1, -0.05) is 22.9 Å². The average molecular weight is 356 g/mol. The molecule has 1 unspecified atom stereocenters. The van der Waals surface area contributed by atoms with E-state index in [4.69, 9.17) is 0 Å². The second kappa shape index (κ2) is 6.70. The van der Waals surface area contributed by atoms with E-state index in [0.29, 0.717) is 15.7 Å². The van der Waals surface area contributed by atoms with Gasteiger partial charge in [-0.3, -0.25) is 0 Å². The van der Waals surface area contributed by atoms with Gasteiger partial charge in [-0.2, -0.15) is 0 Å². The topological polar surface area (TPSA) is 0 Å². The van der Waals surface area contributed by atoms with Gasteiger partial charge in [0.1, 0.15) is 11.6 Å². The van der Waals surface area contributed by atoms with Gasteiger partial charge in [0, 0.05) is 10.4 Å². The molecule has 0 aromatic heterocycles. The molecule has 0 N–H and O–H groups in total. The Morgan fingerprint density at radius 2 is 2.00 bits per heavy atom. The Morgan fingerprint density at radius 3 is 2.62 bits per heavy atom. The molecule has 4 heteroatoms. The molecule has 0 nitrogen and oxygen atoms in total. The highest BCUT2D eigenvalue weighted by atomic mass is 79.9. The van der Waals surface area contributed by atoms with Crippen molar-refractivity contribution in [1.82, 2.24) is 0 Å². The van der Waals surface area contributed by atoms with Crippen molar-refractivity contribution in [3.63, 3.8) is 0 Å². The van der Waals surface area contributed by atoms with E-state index in [0.717, 1.165) is 19.3 Å². The molecule has 0 aliphatic rings. The van der Waals surface area contributed by atoms with Gasteiger partial charge in [0.15, 0.2) is 0 Å². The number of hydrogen-bond donors (Lipinski definition) is 0. The lowest BCUT2D eigenvalue weighted by molar-refractivity contribution is 0.541. The summed E-state index contributed by atoms with van der Waals surface area (Å²) in [6, 6.07) is 2.70. The van der Waals surface area contributed by atoms with Crippen LogP contribution in [0.1, 0.15) is 31.7 Å². The van der Waals surface area contributed by atoms with Crippen LogP contribution in [-0.4, -0.2) is 4.83 Å². The summed E-state index contributed by atoms with van der Waals surface area (Å²) in [5.41, 5.74) is 0.185. The van der Waals surface area contributed by atoms with Crippen molar-refractivity contribution in [3.05, 3.63) is 33.8 Å². The first kappa shape index (κ1) is 14.1. The summed E-state index contributed by atoms with van der Waals surface area (Å²) in [5, 5.41) is 0. The molecule has 0 heterocycles. The molecular formula is C12H14Br2F2. The van der Waals surface area contributed by atoms with E-state index in [9.17, 15) is 8.78 Å². The highest BCUT2D eigenvalue weighted by Crippen LogP contribution is 2.24. The van der Waals surface area contributed by atoms with Gasteiger partial charge in [-0.15, -0.1) is 0 Å². The van der Waals surface area contributed by atoms with Crippen LogP contribution in [0.3, 0.4) is 0 Å². The van der Waals surface area contributed by atoms with Crippen molar-refractivity contribution in [2.45, 2.75) is 37.4 Å². The van der Waals surface area contributed by atoms with Crippen molar-refractivity contribution in [3.8, 4) is 0 Å². The van der Waals surface area contributed by atoms with Gasteiger partial charge in [0.25, 0.3) is 0 Å². The van der Waals surface area contributed by atoms with E-state index >= 15 is 0 Å². The molecule has 0 saturated heterocycles. The zero-order valence-electron chi connectivity index (χ0n) is 9.07. The highest BCUT2D eigenvalue weighted by Gasteiger charge is 2.12. The molecular weight excluding hydrogens is 342 g/mol. The van der Waals surface area contributed by atoms with Crippen LogP contribution >= 0.6 is 31.9 Å². The standard InChI is InChI=1S/C12H14Br2F2/c1-2-8(13)4-3-5-9-11(15)7-6-10(14)12(9)16/h6-8H,2-5H2,1H3. The molecule has 0 saturated carbocycles. The molecule has 90 valence electrons. The summed E-state index contributed by atoms with van der Waals surface area (Å²) in [5.74, 6) is -0.925. The number of alkyl halides is 1. The van der Waals surface area contributed by atoms with Gasteiger partial charge in [-0.05, 0) is 53.7 Å². The molecule has 0 radical (unpaired) electrons. The van der Waals surface area contributed by atoms with Crippen molar-refractivity contribution in [2.75, 3.05) is 0 Å². The monoisotopic (exact) mass is 354 g/mol. The van der Waals surface area contributed by atoms with E-state index in [1.807, 2.05) is 0 Å². The summed E-state index contributed by atoms with van der Waals surface area (Å²) >= 11 is 6.57. The van der Waals surface area contributed by atoms with Crippen LogP contribution in [0.5, 0.6) is 0 Å². The van der Waals surface area contributed by atoms with Crippen molar-refractivity contribution in [2.24, 2.45) is 0 Å². The van der Waals surface area contributed by atoms with Crippen LogP contribution in [0.25, 0.3) is 0 Å². The smallest absolute Gasteiger partial charge is 0.143 e. The van der Waals surface area contributed by atoms with E-state index in [-0.39, 0.29) is 5.56 Å². The highest BCUT2D eigenvalue weighted by molar-refractivity contribution is 9.10. The number of rotatable bonds is 5. The number of benzene rings is 1. The zero-order valence-corrected chi connectivity index (χ0v) is 12.2. The normalized spacial score (nSPS) is 12.8. The summed E-state index contributed by atoms with van der Waals surface area (Å²) < 4.78 is 27.3. The SMILES string of the molecule is CCC(Br)CCCc1c(F)ccc(Br)c1F. The predicted octanol–water partition coefficient (Wildman–Crippen LogP) is 5.22. The third-order valence-electron chi connectivity index (χ3n) is 2.53. The van der Waals surface area contributed by atoms with Crippen LogP contribution < -0.4 is 0 Å². The minimum absolute atomic E-state index is 0.185. The van der Waals surface area contributed by atoms with Gasteiger partial charge in [-0.25, -0.2) is 8.78 Å². The fraction of sp³-hybridized carbons (Fsp3) is 0.500. The van der Waals surface area contributed by atoms with Gasteiger partial charge < -0.3 is 0 Å². The Bertz CT molecular complexity index is 353. The largest absolute Gasteiger partial charge is 0.207 e. The summed E-state index contributed by atoms with van der Waals surface area (Å²) in [6.45, 7) is 2.08. The van der Waals surface area contributed by atoms with Crippen molar-refractivity contribution in [1.29, 1.82) is 0 Å². The number of halogens is 4. The van der Waals surface area contributed by atoms with E-state index < -0.39 is 11.6 Å². The Labute approximate surface area is 112 Å². The first-order valence-electron chi connectivity index (χ1n) is 5.32. The molecule has 1 aromatic rings. The third-order valence-corrected chi connectivity index (χ3v) is 4.24. The first-order valence-corrected chi connectivity index (χ1v) is 7.03. The minimum atomic E-state index is -0.470. The fourth-order valence-electron chi connectivity index (χ4n) is 1.50. The summed E-state index contributed by atoms with van der Waals surface area (Å²) in [4.78, 5) is 0.436. The Hall–Kier alpha value is 0.0400. The molecule has 16 heavy (non-hydrogen) atoms. The van der Waals surface area contributed by atoms with Crippen LogP contribution in [0.15, 0.2) is 16.6 Å². The molecule has 0 aliphatic carbocycles. The Balaban J connectivity index is 2.63. The lowest BCUT2D eigenvalue weighted by Crippen LogP contribution is -2.00. The van der Waals surface area contributed by atoms with Gasteiger partial charge in [0.05, 0.1) is 4.47 Å². The zero-order chi connectivity index (χ0) is 12.1. The van der Waals surface area contributed by atoms with Gasteiger partial charge >= 0.3 is 0 Å². The first-order chi connectivity index (χ1) is 7.56. The van der Waals surface area contributed by atoms with Crippen LogP contribution in [0, 0.1) is 11.6 Å². The van der Waals surface area contributed by atoms with E-state index in [1.54, 1.807) is 0 Å². The average Bonchev–Trinajstić information content (AvgIpc) is 2.28. The maximum absolute atomic E-state index is 13.6. The Kier molecular flexibility index (Phi) is 5.90. The van der Waals surface area contributed by atoms with E-state index in [1.165, 1.54) is 12.1 Å². The maximum atomic E-state index is 13.6. The maximum Gasteiger partial charge on any atom is 0.143 e. The third kappa shape index (κ3) is 3.81.